The second kappa shape index (κ2) is 5.51. The van der Waals surface area contributed by atoms with Crippen molar-refractivity contribution in [3.8, 4) is 0 Å². The van der Waals surface area contributed by atoms with Gasteiger partial charge in [0.15, 0.2) is 0 Å². The van der Waals surface area contributed by atoms with E-state index in [2.05, 4.69) is 30.7 Å². The monoisotopic (exact) mass is 293 g/mol. The Morgan fingerprint density at radius 2 is 1.90 bits per heavy atom. The van der Waals surface area contributed by atoms with Gasteiger partial charge in [-0.15, -0.1) is 0 Å². The van der Waals surface area contributed by atoms with Gasteiger partial charge in [0.1, 0.15) is 16.8 Å². The average molecular weight is 294 g/mol. The number of fused-ring (bicyclic) bond motifs is 1. The van der Waals surface area contributed by atoms with Gasteiger partial charge in [-0.3, -0.25) is 0 Å². The molecule has 1 saturated heterocycles. The van der Waals surface area contributed by atoms with Gasteiger partial charge >= 0.3 is 0 Å². The molecule has 4 heteroatoms. The predicted molar refractivity (Wildman–Crippen MR) is 83.6 cm³/mol. The number of anilines is 1. The molecule has 2 heterocycles. The second-order valence-electron chi connectivity index (χ2n) is 6.57. The molecule has 2 unspecified atom stereocenters. The minimum atomic E-state index is 0.316. The summed E-state index contributed by atoms with van der Waals surface area (Å²) in [5.74, 6) is 3.13. The lowest BCUT2D eigenvalue weighted by molar-refractivity contribution is 0.341. The van der Waals surface area contributed by atoms with Crippen molar-refractivity contribution >= 4 is 17.4 Å². The molecule has 0 radical (unpaired) electrons. The molecule has 3 rings (SSSR count). The van der Waals surface area contributed by atoms with E-state index >= 15 is 0 Å². The predicted octanol–water partition coefficient (Wildman–Crippen LogP) is 4.33. The number of hydrogen-bond donors (Lipinski definition) is 0. The van der Waals surface area contributed by atoms with Gasteiger partial charge in [-0.2, -0.15) is 0 Å². The molecule has 0 spiro atoms. The summed E-state index contributed by atoms with van der Waals surface area (Å²) in [5, 5.41) is 0.623. The van der Waals surface area contributed by atoms with E-state index in [4.69, 9.17) is 16.6 Å². The lowest BCUT2D eigenvalue weighted by Gasteiger charge is -2.33. The number of aromatic nitrogens is 2. The molecule has 1 saturated carbocycles. The fraction of sp³-hybridized carbons (Fsp3) is 0.750. The molecule has 20 heavy (non-hydrogen) atoms. The Balaban J connectivity index is 1.97. The molecule has 1 aliphatic heterocycles. The van der Waals surface area contributed by atoms with Crippen LogP contribution in [-0.2, 0) is 0 Å². The summed E-state index contributed by atoms with van der Waals surface area (Å²) in [5.41, 5.74) is 1.04. The molecule has 0 N–H and O–H groups in total. The van der Waals surface area contributed by atoms with Crippen molar-refractivity contribution in [3.63, 3.8) is 0 Å². The van der Waals surface area contributed by atoms with E-state index in [1.54, 1.807) is 0 Å². The summed E-state index contributed by atoms with van der Waals surface area (Å²) >= 11 is 6.34. The van der Waals surface area contributed by atoms with Crippen molar-refractivity contribution in [1.82, 2.24) is 9.97 Å². The zero-order valence-corrected chi connectivity index (χ0v) is 13.5. The molecule has 1 aliphatic carbocycles. The van der Waals surface area contributed by atoms with Crippen molar-refractivity contribution < 1.29 is 0 Å². The van der Waals surface area contributed by atoms with Crippen LogP contribution in [0.2, 0.25) is 5.15 Å². The van der Waals surface area contributed by atoms with Crippen LogP contribution < -0.4 is 4.90 Å². The van der Waals surface area contributed by atoms with Crippen LogP contribution in [0.4, 0.5) is 5.82 Å². The van der Waals surface area contributed by atoms with Crippen molar-refractivity contribution in [3.05, 3.63) is 16.5 Å². The van der Waals surface area contributed by atoms with Crippen LogP contribution in [0.25, 0.3) is 0 Å². The number of halogens is 1. The summed E-state index contributed by atoms with van der Waals surface area (Å²) in [6, 6.07) is 0.674. The summed E-state index contributed by atoms with van der Waals surface area (Å²) < 4.78 is 0. The maximum atomic E-state index is 6.34. The molecule has 0 aromatic carbocycles. The fourth-order valence-corrected chi connectivity index (χ4v) is 3.87. The van der Waals surface area contributed by atoms with E-state index in [9.17, 15) is 0 Å². The average Bonchev–Trinajstić information content (AvgIpc) is 2.85. The van der Waals surface area contributed by atoms with Gasteiger partial charge < -0.3 is 4.90 Å². The maximum Gasteiger partial charge on any atom is 0.137 e. The highest BCUT2D eigenvalue weighted by Gasteiger charge is 2.37. The molecule has 3 nitrogen and oxygen atoms in total. The number of hydrogen-bond acceptors (Lipinski definition) is 3. The van der Waals surface area contributed by atoms with Crippen LogP contribution in [0, 0.1) is 12.8 Å². The molecular weight excluding hydrogens is 270 g/mol. The van der Waals surface area contributed by atoms with Crippen LogP contribution in [0.3, 0.4) is 0 Å². The molecular formula is C16H24ClN3. The van der Waals surface area contributed by atoms with Crippen LogP contribution in [-0.4, -0.2) is 22.6 Å². The summed E-state index contributed by atoms with van der Waals surface area (Å²) in [7, 11) is 0. The van der Waals surface area contributed by atoms with Crippen LogP contribution >= 0.6 is 11.6 Å². The van der Waals surface area contributed by atoms with E-state index in [0.717, 1.165) is 29.7 Å². The standard InChI is InChI=1S/C16H24ClN3/c1-10(2)15-18-14(17)11(3)16(19-15)20-9-8-12-6-4-5-7-13(12)20/h10,12-13H,4-9H2,1-3H3. The third-order valence-electron chi connectivity index (χ3n) is 4.88. The molecule has 0 bridgehead atoms. The van der Waals surface area contributed by atoms with Gasteiger partial charge in [0.2, 0.25) is 0 Å². The lowest BCUT2D eigenvalue weighted by Crippen LogP contribution is -2.36. The topological polar surface area (TPSA) is 29.0 Å². The van der Waals surface area contributed by atoms with Gasteiger partial charge in [0, 0.05) is 24.1 Å². The largest absolute Gasteiger partial charge is 0.353 e. The van der Waals surface area contributed by atoms with E-state index < -0.39 is 0 Å². The molecule has 2 atom stereocenters. The summed E-state index contributed by atoms with van der Waals surface area (Å²) in [6.45, 7) is 7.43. The normalized spacial score (nSPS) is 26.1. The SMILES string of the molecule is Cc1c(Cl)nc(C(C)C)nc1N1CCC2CCCCC21. The van der Waals surface area contributed by atoms with Crippen LogP contribution in [0.1, 0.15) is 63.3 Å². The highest BCUT2D eigenvalue weighted by molar-refractivity contribution is 6.30. The molecule has 2 aliphatic rings. The summed E-state index contributed by atoms with van der Waals surface area (Å²) in [4.78, 5) is 11.8. The van der Waals surface area contributed by atoms with Crippen molar-refractivity contribution in [1.29, 1.82) is 0 Å². The molecule has 1 aromatic rings. The lowest BCUT2D eigenvalue weighted by atomic mass is 9.85. The highest BCUT2D eigenvalue weighted by atomic mass is 35.5. The first-order valence-corrected chi connectivity index (χ1v) is 8.26. The number of rotatable bonds is 2. The first-order valence-electron chi connectivity index (χ1n) is 7.88. The quantitative estimate of drug-likeness (QED) is 0.760. The third-order valence-corrected chi connectivity index (χ3v) is 5.24. The Kier molecular flexibility index (Phi) is 3.89. The highest BCUT2D eigenvalue weighted by Crippen LogP contribution is 2.40. The fourth-order valence-electron chi connectivity index (χ4n) is 3.70. The van der Waals surface area contributed by atoms with Crippen molar-refractivity contribution in [2.45, 2.75) is 64.8 Å². The van der Waals surface area contributed by atoms with Crippen LogP contribution in [0.15, 0.2) is 0 Å². The zero-order chi connectivity index (χ0) is 14.3. The van der Waals surface area contributed by atoms with Gasteiger partial charge in [-0.1, -0.05) is 38.3 Å². The molecule has 0 amide bonds. The van der Waals surface area contributed by atoms with Crippen LogP contribution in [0.5, 0.6) is 0 Å². The van der Waals surface area contributed by atoms with Gasteiger partial charge in [0.05, 0.1) is 0 Å². The van der Waals surface area contributed by atoms with Gasteiger partial charge in [-0.05, 0) is 32.1 Å². The zero-order valence-electron chi connectivity index (χ0n) is 12.7. The van der Waals surface area contributed by atoms with E-state index in [-0.39, 0.29) is 0 Å². The first-order chi connectivity index (χ1) is 9.58. The minimum Gasteiger partial charge on any atom is -0.353 e. The Morgan fingerprint density at radius 3 is 2.65 bits per heavy atom. The van der Waals surface area contributed by atoms with E-state index in [1.807, 2.05) is 0 Å². The molecule has 2 fully saturated rings. The Labute approximate surface area is 126 Å². The number of nitrogens with zero attached hydrogens (tertiary/aromatic N) is 3. The van der Waals surface area contributed by atoms with E-state index in [0.29, 0.717) is 17.1 Å². The van der Waals surface area contributed by atoms with Crippen molar-refractivity contribution in [2.24, 2.45) is 5.92 Å². The molecule has 1 aromatic heterocycles. The second-order valence-corrected chi connectivity index (χ2v) is 6.93. The first kappa shape index (κ1) is 14.1. The maximum absolute atomic E-state index is 6.34. The Hall–Kier alpha value is -0.830. The third kappa shape index (κ3) is 2.41. The summed E-state index contributed by atoms with van der Waals surface area (Å²) in [6.07, 6.45) is 6.75. The van der Waals surface area contributed by atoms with Gasteiger partial charge in [0.25, 0.3) is 0 Å². The van der Waals surface area contributed by atoms with Gasteiger partial charge in [-0.25, -0.2) is 9.97 Å². The van der Waals surface area contributed by atoms with Crippen molar-refractivity contribution in [2.75, 3.05) is 11.4 Å². The smallest absolute Gasteiger partial charge is 0.137 e. The molecule has 110 valence electrons. The Bertz CT molecular complexity index is 501. The van der Waals surface area contributed by atoms with E-state index in [1.165, 1.54) is 32.1 Å². The minimum absolute atomic E-state index is 0.316. The Morgan fingerprint density at radius 1 is 1.15 bits per heavy atom.